The topological polar surface area (TPSA) is 50.1 Å². The molecule has 0 atom stereocenters. The van der Waals surface area contributed by atoms with Crippen LogP contribution in [0, 0.1) is 11.3 Å². The van der Waals surface area contributed by atoms with Crippen molar-refractivity contribution in [3.8, 4) is 6.07 Å². The summed E-state index contributed by atoms with van der Waals surface area (Å²) in [6, 6.07) is 3.76. The molecular weight excluding hydrogens is 283 g/mol. The van der Waals surface area contributed by atoms with E-state index in [0.717, 1.165) is 12.1 Å². The van der Waals surface area contributed by atoms with Crippen molar-refractivity contribution >= 4 is 17.6 Å². The number of ether oxygens (including phenoxy) is 1. The molecule has 0 bridgehead atoms. The van der Waals surface area contributed by atoms with Crippen molar-refractivity contribution in [1.82, 2.24) is 0 Å². The summed E-state index contributed by atoms with van der Waals surface area (Å²) >= 11 is 5.45. The van der Waals surface area contributed by atoms with Gasteiger partial charge in [-0.3, -0.25) is 0 Å². The van der Waals surface area contributed by atoms with E-state index < -0.39 is 29.2 Å². The first-order valence-electron chi connectivity index (χ1n) is 5.23. The Morgan fingerprint density at radius 1 is 1.47 bits per heavy atom. The van der Waals surface area contributed by atoms with Crippen LogP contribution in [0.4, 0.5) is 13.2 Å². The van der Waals surface area contributed by atoms with Crippen molar-refractivity contribution in [3.05, 3.63) is 34.4 Å². The van der Waals surface area contributed by atoms with Crippen molar-refractivity contribution in [2.75, 3.05) is 6.61 Å². The fourth-order valence-electron chi connectivity index (χ4n) is 1.59. The molecule has 0 unspecified atom stereocenters. The van der Waals surface area contributed by atoms with Gasteiger partial charge in [0.15, 0.2) is 0 Å². The summed E-state index contributed by atoms with van der Waals surface area (Å²) in [5.74, 6) is -1.61. The third-order valence-corrected chi connectivity index (χ3v) is 2.61. The molecule has 0 radical (unpaired) electrons. The smallest absolute Gasteiger partial charge is 0.417 e. The van der Waals surface area contributed by atoms with E-state index in [-0.39, 0.29) is 17.7 Å². The van der Waals surface area contributed by atoms with E-state index in [9.17, 15) is 18.0 Å². The first-order valence-corrected chi connectivity index (χ1v) is 5.76. The maximum absolute atomic E-state index is 13.0. The predicted octanol–water partition coefficient (Wildman–Crippen LogP) is 3.49. The molecule has 0 spiro atoms. The maximum Gasteiger partial charge on any atom is 0.417 e. The van der Waals surface area contributed by atoms with E-state index in [1.54, 1.807) is 6.07 Å². The van der Waals surface area contributed by atoms with E-state index in [1.165, 1.54) is 6.92 Å². The normalized spacial score (nSPS) is 10.9. The van der Waals surface area contributed by atoms with Crippen molar-refractivity contribution in [3.63, 3.8) is 0 Å². The van der Waals surface area contributed by atoms with Gasteiger partial charge in [-0.05, 0) is 18.6 Å². The molecule has 0 aliphatic rings. The molecule has 0 fully saturated rings. The summed E-state index contributed by atoms with van der Waals surface area (Å²) in [7, 11) is 0. The average molecular weight is 292 g/mol. The van der Waals surface area contributed by atoms with Crippen molar-refractivity contribution in [2.24, 2.45) is 0 Å². The number of benzene rings is 1. The number of alkyl halides is 4. The van der Waals surface area contributed by atoms with Gasteiger partial charge in [-0.25, -0.2) is 4.79 Å². The Hall–Kier alpha value is -1.74. The number of rotatable bonds is 3. The molecule has 0 amide bonds. The quantitative estimate of drug-likeness (QED) is 0.632. The predicted molar refractivity (Wildman–Crippen MR) is 61.7 cm³/mol. The second kappa shape index (κ2) is 5.93. The summed E-state index contributed by atoms with van der Waals surface area (Å²) < 4.78 is 43.7. The van der Waals surface area contributed by atoms with Gasteiger partial charge in [-0.2, -0.15) is 18.4 Å². The van der Waals surface area contributed by atoms with Gasteiger partial charge in [0.2, 0.25) is 0 Å². The van der Waals surface area contributed by atoms with Crippen LogP contribution >= 0.6 is 11.6 Å². The summed E-state index contributed by atoms with van der Waals surface area (Å²) in [5.41, 5.74) is -2.65. The summed E-state index contributed by atoms with van der Waals surface area (Å²) in [6.45, 7) is 1.37. The second-order valence-corrected chi connectivity index (χ2v) is 3.75. The monoisotopic (exact) mass is 291 g/mol. The molecule has 0 aliphatic heterocycles. The van der Waals surface area contributed by atoms with Crippen LogP contribution in [0.3, 0.4) is 0 Å². The van der Waals surface area contributed by atoms with Crippen LogP contribution in [0.5, 0.6) is 0 Å². The van der Waals surface area contributed by atoms with Gasteiger partial charge in [0.05, 0.1) is 23.3 Å². The Bertz CT molecular complexity index is 535. The average Bonchev–Trinajstić information content (AvgIpc) is 2.36. The van der Waals surface area contributed by atoms with Gasteiger partial charge in [-0.1, -0.05) is 6.07 Å². The minimum absolute atomic E-state index is 0.0912. The van der Waals surface area contributed by atoms with E-state index in [1.807, 2.05) is 0 Å². The summed E-state index contributed by atoms with van der Waals surface area (Å²) in [6.07, 6.45) is -4.79. The lowest BCUT2D eigenvalue weighted by Gasteiger charge is -2.16. The van der Waals surface area contributed by atoms with Gasteiger partial charge in [0.25, 0.3) is 0 Å². The Balaban J connectivity index is 3.63. The largest absolute Gasteiger partial charge is 0.462 e. The number of hydrogen-bond acceptors (Lipinski definition) is 3. The fourth-order valence-corrected chi connectivity index (χ4v) is 1.81. The lowest BCUT2D eigenvalue weighted by molar-refractivity contribution is -0.138. The third-order valence-electron chi connectivity index (χ3n) is 2.32. The van der Waals surface area contributed by atoms with Gasteiger partial charge >= 0.3 is 12.1 Å². The van der Waals surface area contributed by atoms with Gasteiger partial charge in [0.1, 0.15) is 6.07 Å². The number of esters is 1. The Labute approximate surface area is 112 Å². The molecule has 0 aliphatic carbocycles. The van der Waals surface area contributed by atoms with Crippen LogP contribution in [0.2, 0.25) is 0 Å². The molecule has 1 aromatic carbocycles. The molecular formula is C12H9ClF3NO2. The number of nitriles is 1. The number of carbonyl (C=O) groups excluding carboxylic acids is 1. The summed E-state index contributed by atoms with van der Waals surface area (Å²) in [4.78, 5) is 11.6. The van der Waals surface area contributed by atoms with Crippen molar-refractivity contribution in [1.29, 1.82) is 5.26 Å². The van der Waals surface area contributed by atoms with Gasteiger partial charge in [-0.15, -0.1) is 11.6 Å². The van der Waals surface area contributed by atoms with Crippen molar-refractivity contribution < 1.29 is 22.7 Å². The zero-order valence-corrected chi connectivity index (χ0v) is 10.6. The van der Waals surface area contributed by atoms with Crippen LogP contribution in [0.1, 0.15) is 34.0 Å². The molecule has 3 nitrogen and oxygen atoms in total. The number of nitrogens with zero attached hydrogens (tertiary/aromatic N) is 1. The minimum atomic E-state index is -4.79. The van der Waals surface area contributed by atoms with E-state index >= 15 is 0 Å². The Morgan fingerprint density at radius 3 is 2.53 bits per heavy atom. The SMILES string of the molecule is CCOC(=O)c1c(C#N)ccc(CCl)c1C(F)(F)F. The van der Waals surface area contributed by atoms with Crippen LogP contribution in [-0.2, 0) is 16.8 Å². The highest BCUT2D eigenvalue weighted by Gasteiger charge is 2.39. The molecule has 0 aromatic heterocycles. The molecule has 0 N–H and O–H groups in total. The minimum Gasteiger partial charge on any atom is -0.462 e. The first-order chi connectivity index (χ1) is 8.86. The lowest BCUT2D eigenvalue weighted by Crippen LogP contribution is -2.19. The summed E-state index contributed by atoms with van der Waals surface area (Å²) in [5, 5.41) is 8.83. The van der Waals surface area contributed by atoms with Crippen molar-refractivity contribution in [2.45, 2.75) is 19.0 Å². The number of carbonyl (C=O) groups is 1. The van der Waals surface area contributed by atoms with Crippen LogP contribution in [0.25, 0.3) is 0 Å². The second-order valence-electron chi connectivity index (χ2n) is 3.49. The van der Waals surface area contributed by atoms with Crippen LogP contribution in [0.15, 0.2) is 12.1 Å². The Kier molecular flexibility index (Phi) is 4.78. The third kappa shape index (κ3) is 3.18. The van der Waals surface area contributed by atoms with Crippen LogP contribution < -0.4 is 0 Å². The highest BCUT2D eigenvalue weighted by Crippen LogP contribution is 2.37. The molecule has 0 heterocycles. The van der Waals surface area contributed by atoms with Gasteiger partial charge < -0.3 is 4.74 Å². The molecule has 0 saturated carbocycles. The zero-order valence-electron chi connectivity index (χ0n) is 9.84. The highest BCUT2D eigenvalue weighted by molar-refractivity contribution is 6.17. The highest BCUT2D eigenvalue weighted by atomic mass is 35.5. The van der Waals surface area contributed by atoms with Crippen LogP contribution in [-0.4, -0.2) is 12.6 Å². The van der Waals surface area contributed by atoms with E-state index in [4.69, 9.17) is 16.9 Å². The van der Waals surface area contributed by atoms with E-state index in [2.05, 4.69) is 4.74 Å². The Morgan fingerprint density at radius 2 is 2.11 bits per heavy atom. The number of halogens is 4. The molecule has 19 heavy (non-hydrogen) atoms. The molecule has 102 valence electrons. The molecule has 7 heteroatoms. The fraction of sp³-hybridized carbons (Fsp3) is 0.333. The molecule has 1 aromatic rings. The molecule has 0 saturated heterocycles. The molecule has 1 rings (SSSR count). The van der Waals surface area contributed by atoms with Gasteiger partial charge in [0, 0.05) is 5.88 Å². The zero-order chi connectivity index (χ0) is 14.6. The first kappa shape index (κ1) is 15.3. The standard InChI is InChI=1S/C12H9ClF3NO2/c1-2-19-11(18)9-8(6-17)4-3-7(5-13)10(9)12(14,15)16/h3-4H,2,5H2,1H3. The maximum atomic E-state index is 13.0. The van der Waals surface area contributed by atoms with E-state index in [0.29, 0.717) is 0 Å². The lowest BCUT2D eigenvalue weighted by atomic mass is 9.96. The number of hydrogen-bond donors (Lipinski definition) is 0.